The zero-order valence-corrected chi connectivity index (χ0v) is 13.2. The van der Waals surface area contributed by atoms with Gasteiger partial charge in [-0.2, -0.15) is 0 Å². The fourth-order valence-corrected chi connectivity index (χ4v) is 3.68. The van der Waals surface area contributed by atoms with Gasteiger partial charge in [0.15, 0.2) is 9.84 Å². The molecule has 1 aromatic carbocycles. The second-order valence-corrected chi connectivity index (χ2v) is 7.22. The Balaban J connectivity index is 2.87. The van der Waals surface area contributed by atoms with Gasteiger partial charge in [0, 0.05) is 6.04 Å². The Morgan fingerprint density at radius 1 is 1.20 bits per heavy atom. The highest BCUT2D eigenvalue weighted by Crippen LogP contribution is 2.17. The maximum Gasteiger partial charge on any atom is 0.179 e. The molecular weight excluding hydrogens is 277 g/mol. The fourth-order valence-electron chi connectivity index (χ4n) is 2.01. The number of halogens is 1. The molecule has 0 saturated carbocycles. The van der Waals surface area contributed by atoms with Crippen LogP contribution >= 0.6 is 0 Å². The van der Waals surface area contributed by atoms with E-state index in [9.17, 15) is 12.8 Å². The Bertz CT molecular complexity index is 499. The predicted molar refractivity (Wildman–Crippen MR) is 80.0 cm³/mol. The molecule has 2 atom stereocenters. The zero-order valence-electron chi connectivity index (χ0n) is 12.4. The zero-order chi connectivity index (χ0) is 15.2. The molecule has 0 heterocycles. The van der Waals surface area contributed by atoms with E-state index in [2.05, 4.69) is 19.2 Å². The average molecular weight is 301 g/mol. The van der Waals surface area contributed by atoms with Crippen LogP contribution in [0.1, 0.15) is 33.6 Å². The highest BCUT2D eigenvalue weighted by Gasteiger charge is 2.24. The van der Waals surface area contributed by atoms with Crippen molar-refractivity contribution in [1.29, 1.82) is 0 Å². The van der Waals surface area contributed by atoms with Crippen LogP contribution in [0.4, 0.5) is 4.39 Å². The maximum atomic E-state index is 12.9. The van der Waals surface area contributed by atoms with Crippen LogP contribution in [0, 0.1) is 11.7 Å². The predicted octanol–water partition coefficient (Wildman–Crippen LogP) is 3.01. The van der Waals surface area contributed by atoms with Crippen LogP contribution in [0.25, 0.3) is 0 Å². The van der Waals surface area contributed by atoms with Crippen molar-refractivity contribution in [3.63, 3.8) is 0 Å². The highest BCUT2D eigenvalue weighted by molar-refractivity contribution is 7.91. The molecule has 0 aliphatic carbocycles. The number of rotatable bonds is 8. The van der Waals surface area contributed by atoms with Crippen molar-refractivity contribution in [1.82, 2.24) is 5.32 Å². The van der Waals surface area contributed by atoms with Gasteiger partial charge in [0.25, 0.3) is 0 Å². The second-order valence-electron chi connectivity index (χ2n) is 5.18. The second kappa shape index (κ2) is 7.74. The first kappa shape index (κ1) is 17.1. The minimum atomic E-state index is -3.39. The largest absolute Gasteiger partial charge is 0.313 e. The molecule has 0 spiro atoms. The number of sulfone groups is 1. The van der Waals surface area contributed by atoms with E-state index in [1.807, 2.05) is 6.92 Å². The summed E-state index contributed by atoms with van der Waals surface area (Å²) < 4.78 is 37.6. The summed E-state index contributed by atoms with van der Waals surface area (Å²) in [5, 5.41) is 3.30. The van der Waals surface area contributed by atoms with E-state index >= 15 is 0 Å². The summed E-state index contributed by atoms with van der Waals surface area (Å²) >= 11 is 0. The molecule has 0 aliphatic rings. The van der Waals surface area contributed by atoms with Crippen LogP contribution < -0.4 is 5.32 Å². The van der Waals surface area contributed by atoms with E-state index < -0.39 is 15.7 Å². The normalized spacial score (nSPS) is 15.0. The summed E-state index contributed by atoms with van der Waals surface area (Å²) in [5.41, 5.74) is 0. The minimum absolute atomic E-state index is 0.0492. The Kier molecular flexibility index (Phi) is 6.62. The van der Waals surface area contributed by atoms with Gasteiger partial charge in [0.05, 0.1) is 10.6 Å². The van der Waals surface area contributed by atoms with Gasteiger partial charge >= 0.3 is 0 Å². The Morgan fingerprint density at radius 2 is 1.80 bits per heavy atom. The van der Waals surface area contributed by atoms with Crippen molar-refractivity contribution in [3.8, 4) is 0 Å². The Hall–Kier alpha value is -0.940. The van der Waals surface area contributed by atoms with E-state index in [0.717, 1.165) is 19.4 Å². The van der Waals surface area contributed by atoms with Crippen LogP contribution in [0.2, 0.25) is 0 Å². The van der Waals surface area contributed by atoms with Crippen molar-refractivity contribution in [2.24, 2.45) is 5.92 Å². The van der Waals surface area contributed by atoms with Gasteiger partial charge in [0.2, 0.25) is 0 Å². The number of hydrogen-bond acceptors (Lipinski definition) is 3. The first-order valence-electron chi connectivity index (χ1n) is 7.12. The van der Waals surface area contributed by atoms with Crippen molar-refractivity contribution in [2.75, 3.05) is 12.3 Å². The lowest BCUT2D eigenvalue weighted by atomic mass is 10.0. The van der Waals surface area contributed by atoms with Crippen molar-refractivity contribution in [2.45, 2.75) is 44.6 Å². The van der Waals surface area contributed by atoms with Gasteiger partial charge in [0.1, 0.15) is 5.82 Å². The molecule has 2 unspecified atom stereocenters. The molecule has 0 aliphatic heterocycles. The van der Waals surface area contributed by atoms with Crippen molar-refractivity contribution >= 4 is 9.84 Å². The lowest BCUT2D eigenvalue weighted by Crippen LogP contribution is -2.41. The molecule has 5 heteroatoms. The van der Waals surface area contributed by atoms with E-state index in [1.54, 1.807) is 0 Å². The quantitative estimate of drug-likeness (QED) is 0.751. The van der Waals surface area contributed by atoms with Crippen LogP contribution in [-0.2, 0) is 9.84 Å². The number of benzene rings is 1. The molecule has 3 nitrogen and oxygen atoms in total. The van der Waals surface area contributed by atoms with Gasteiger partial charge in [-0.05, 0) is 43.1 Å². The van der Waals surface area contributed by atoms with Crippen molar-refractivity contribution < 1.29 is 12.8 Å². The van der Waals surface area contributed by atoms with Gasteiger partial charge in [-0.3, -0.25) is 0 Å². The molecular formula is C15H24FNO2S. The summed E-state index contributed by atoms with van der Waals surface area (Å²) in [6.07, 6.45) is 1.88. The molecule has 1 rings (SSSR count). The summed E-state index contributed by atoms with van der Waals surface area (Å²) in [6, 6.07) is 4.96. The van der Waals surface area contributed by atoms with Gasteiger partial charge in [-0.15, -0.1) is 0 Å². The molecule has 114 valence electrons. The first-order valence-corrected chi connectivity index (χ1v) is 8.77. The van der Waals surface area contributed by atoms with E-state index in [4.69, 9.17) is 0 Å². The first-order chi connectivity index (χ1) is 9.40. The molecule has 20 heavy (non-hydrogen) atoms. The van der Waals surface area contributed by atoms with Gasteiger partial charge in [-0.1, -0.05) is 27.2 Å². The molecule has 1 aromatic rings. The third-order valence-electron chi connectivity index (χ3n) is 3.56. The van der Waals surface area contributed by atoms with Crippen molar-refractivity contribution in [3.05, 3.63) is 30.1 Å². The Morgan fingerprint density at radius 3 is 2.30 bits per heavy atom. The van der Waals surface area contributed by atoms with Gasteiger partial charge in [-0.25, -0.2) is 12.8 Å². The summed E-state index contributed by atoms with van der Waals surface area (Å²) in [4.78, 5) is 0.186. The topological polar surface area (TPSA) is 46.2 Å². The molecule has 0 fully saturated rings. The van der Waals surface area contributed by atoms with Crippen LogP contribution in [0.5, 0.6) is 0 Å². The lowest BCUT2D eigenvalue weighted by molar-refractivity contribution is 0.391. The van der Waals surface area contributed by atoms with E-state index in [1.165, 1.54) is 24.3 Å². The SMILES string of the molecule is CCCNC(CS(=O)(=O)c1ccc(F)cc1)C(C)CC. The molecule has 0 amide bonds. The van der Waals surface area contributed by atoms with Gasteiger partial charge < -0.3 is 5.32 Å². The lowest BCUT2D eigenvalue weighted by Gasteiger charge is -2.24. The third kappa shape index (κ3) is 4.87. The average Bonchev–Trinajstić information content (AvgIpc) is 2.43. The summed E-state index contributed by atoms with van der Waals surface area (Å²) in [7, 11) is -3.39. The van der Waals surface area contributed by atoms with Crippen LogP contribution in [0.3, 0.4) is 0 Å². The summed E-state index contributed by atoms with van der Waals surface area (Å²) in [6.45, 7) is 6.95. The van der Waals surface area contributed by atoms with Crippen LogP contribution in [-0.4, -0.2) is 26.8 Å². The number of hydrogen-bond donors (Lipinski definition) is 1. The summed E-state index contributed by atoms with van der Waals surface area (Å²) in [5.74, 6) is -0.100. The minimum Gasteiger partial charge on any atom is -0.313 e. The Labute approximate surface area is 121 Å². The molecule has 0 aromatic heterocycles. The maximum absolute atomic E-state index is 12.9. The molecule has 0 bridgehead atoms. The number of nitrogens with one attached hydrogen (secondary N) is 1. The fraction of sp³-hybridized carbons (Fsp3) is 0.600. The molecule has 0 saturated heterocycles. The molecule has 1 N–H and O–H groups in total. The smallest absolute Gasteiger partial charge is 0.179 e. The van der Waals surface area contributed by atoms with E-state index in [0.29, 0.717) is 0 Å². The third-order valence-corrected chi connectivity index (χ3v) is 5.35. The van der Waals surface area contributed by atoms with Crippen LogP contribution in [0.15, 0.2) is 29.2 Å². The molecule has 0 radical (unpaired) electrons. The monoisotopic (exact) mass is 301 g/mol. The van der Waals surface area contributed by atoms with E-state index in [-0.39, 0.29) is 22.6 Å². The standard InChI is InChI=1S/C15H24FNO2S/c1-4-10-17-15(12(3)5-2)11-20(18,19)14-8-6-13(16)7-9-14/h6-9,12,15,17H,4-5,10-11H2,1-3H3. The highest BCUT2D eigenvalue weighted by atomic mass is 32.2.